The van der Waals surface area contributed by atoms with Gasteiger partial charge in [-0.15, -0.1) is 0 Å². The fraction of sp³-hybridized carbons (Fsp3) is 0.154. The maximum Gasteiger partial charge on any atom is 0.216 e. The van der Waals surface area contributed by atoms with Crippen molar-refractivity contribution < 1.29 is 13.9 Å². The third kappa shape index (κ3) is 2.79. The van der Waals surface area contributed by atoms with Gasteiger partial charge in [-0.25, -0.2) is 4.39 Å². The molecular formula is C13H11BrFNO2. The minimum Gasteiger partial charge on any atom is -0.485 e. The summed E-state index contributed by atoms with van der Waals surface area (Å²) in [6.07, 6.45) is 1.79. The Bertz CT molecular complexity index is 580. The molecule has 0 aliphatic carbocycles. The second-order valence-corrected chi connectivity index (χ2v) is 4.65. The molecule has 18 heavy (non-hydrogen) atoms. The smallest absolute Gasteiger partial charge is 0.216 e. The predicted octanol–water partition coefficient (Wildman–Crippen LogP) is 3.19. The van der Waals surface area contributed by atoms with Crippen LogP contribution in [-0.2, 0) is 7.05 Å². The normalized spacial score (nSPS) is 10.4. The highest BCUT2D eigenvalue weighted by Crippen LogP contribution is 2.21. The van der Waals surface area contributed by atoms with E-state index in [1.807, 2.05) is 0 Å². The van der Waals surface area contributed by atoms with Crippen molar-refractivity contribution in [3.63, 3.8) is 0 Å². The first-order valence-electron chi connectivity index (χ1n) is 5.30. The van der Waals surface area contributed by atoms with Gasteiger partial charge in [0, 0.05) is 13.2 Å². The Morgan fingerprint density at radius 1 is 1.44 bits per heavy atom. The monoisotopic (exact) mass is 311 g/mol. The summed E-state index contributed by atoms with van der Waals surface area (Å²) in [5, 5.41) is 0. The number of rotatable bonds is 4. The maximum atomic E-state index is 13.0. The van der Waals surface area contributed by atoms with Crippen LogP contribution in [0.2, 0.25) is 0 Å². The SMILES string of the molecule is Cn1cccc1C(=O)COc1ccc(F)c(Br)c1. The molecule has 1 heterocycles. The average Bonchev–Trinajstić information content (AvgIpc) is 2.77. The van der Waals surface area contributed by atoms with Crippen LogP contribution in [-0.4, -0.2) is 17.0 Å². The predicted molar refractivity (Wildman–Crippen MR) is 69.3 cm³/mol. The van der Waals surface area contributed by atoms with Gasteiger partial charge in [-0.1, -0.05) is 0 Å². The van der Waals surface area contributed by atoms with Crippen molar-refractivity contribution in [2.75, 3.05) is 6.61 Å². The number of Topliss-reactive ketones (excluding diaryl/α,β-unsaturated/α-hetero) is 1. The van der Waals surface area contributed by atoms with Crippen molar-refractivity contribution in [1.82, 2.24) is 4.57 Å². The molecule has 0 aliphatic heterocycles. The third-order valence-electron chi connectivity index (χ3n) is 2.49. The Balaban J connectivity index is 2.02. The second-order valence-electron chi connectivity index (χ2n) is 3.79. The number of halogens is 2. The standard InChI is InChI=1S/C13H11BrFNO2/c1-16-6-2-3-12(16)13(17)8-18-9-4-5-11(15)10(14)7-9/h2-7H,8H2,1H3. The molecule has 0 saturated heterocycles. The average molecular weight is 312 g/mol. The van der Waals surface area contributed by atoms with Crippen molar-refractivity contribution in [3.05, 3.63) is 52.5 Å². The Morgan fingerprint density at radius 2 is 2.22 bits per heavy atom. The van der Waals surface area contributed by atoms with Crippen LogP contribution in [0.5, 0.6) is 5.75 Å². The minimum atomic E-state index is -0.365. The molecular weight excluding hydrogens is 301 g/mol. The van der Waals surface area contributed by atoms with Crippen LogP contribution in [0.15, 0.2) is 41.0 Å². The van der Waals surface area contributed by atoms with Crippen LogP contribution in [0, 0.1) is 5.82 Å². The summed E-state index contributed by atoms with van der Waals surface area (Å²) in [7, 11) is 1.79. The highest BCUT2D eigenvalue weighted by Gasteiger charge is 2.10. The molecule has 0 unspecified atom stereocenters. The first-order chi connectivity index (χ1) is 8.58. The summed E-state index contributed by atoms with van der Waals surface area (Å²) in [4.78, 5) is 11.8. The summed E-state index contributed by atoms with van der Waals surface area (Å²) in [6.45, 7) is -0.0735. The Labute approximate surface area is 112 Å². The van der Waals surface area contributed by atoms with E-state index in [2.05, 4.69) is 15.9 Å². The lowest BCUT2D eigenvalue weighted by molar-refractivity contribution is 0.0913. The number of ether oxygens (including phenoxy) is 1. The topological polar surface area (TPSA) is 31.2 Å². The zero-order valence-electron chi connectivity index (χ0n) is 9.69. The molecule has 0 amide bonds. The van der Waals surface area contributed by atoms with Crippen LogP contribution in [0.3, 0.4) is 0 Å². The highest BCUT2D eigenvalue weighted by atomic mass is 79.9. The zero-order valence-corrected chi connectivity index (χ0v) is 11.3. The summed E-state index contributed by atoms with van der Waals surface area (Å²) >= 11 is 3.06. The molecule has 94 valence electrons. The molecule has 0 bridgehead atoms. The quantitative estimate of drug-likeness (QED) is 0.812. The van der Waals surface area contributed by atoms with E-state index < -0.39 is 0 Å². The molecule has 2 aromatic rings. The van der Waals surface area contributed by atoms with Gasteiger partial charge in [0.05, 0.1) is 10.2 Å². The molecule has 0 N–H and O–H groups in total. The number of hydrogen-bond acceptors (Lipinski definition) is 2. The summed E-state index contributed by atoms with van der Waals surface area (Å²) in [5.41, 5.74) is 0.580. The molecule has 0 fully saturated rings. The van der Waals surface area contributed by atoms with Crippen LogP contribution in [0.1, 0.15) is 10.5 Å². The van der Waals surface area contributed by atoms with Gasteiger partial charge in [-0.05, 0) is 46.3 Å². The van der Waals surface area contributed by atoms with Crippen molar-refractivity contribution in [2.24, 2.45) is 7.05 Å². The van der Waals surface area contributed by atoms with Gasteiger partial charge in [0.15, 0.2) is 6.61 Å². The van der Waals surface area contributed by atoms with E-state index >= 15 is 0 Å². The molecule has 0 aliphatic rings. The Kier molecular flexibility index (Phi) is 3.81. The molecule has 0 spiro atoms. The molecule has 0 radical (unpaired) electrons. The van der Waals surface area contributed by atoms with Crippen LogP contribution in [0.4, 0.5) is 4.39 Å². The van der Waals surface area contributed by atoms with Crippen LogP contribution < -0.4 is 4.74 Å². The minimum absolute atomic E-state index is 0.0735. The van der Waals surface area contributed by atoms with E-state index in [1.54, 1.807) is 29.9 Å². The molecule has 2 rings (SSSR count). The first-order valence-corrected chi connectivity index (χ1v) is 6.09. The van der Waals surface area contributed by atoms with Gasteiger partial charge in [0.25, 0.3) is 0 Å². The molecule has 0 saturated carbocycles. The van der Waals surface area contributed by atoms with Gasteiger partial charge in [0.2, 0.25) is 5.78 Å². The van der Waals surface area contributed by atoms with Crippen molar-refractivity contribution in [1.29, 1.82) is 0 Å². The second kappa shape index (κ2) is 5.35. The largest absolute Gasteiger partial charge is 0.485 e. The molecule has 3 nitrogen and oxygen atoms in total. The van der Waals surface area contributed by atoms with Crippen molar-refractivity contribution in [2.45, 2.75) is 0 Å². The Hall–Kier alpha value is -1.62. The lowest BCUT2D eigenvalue weighted by Gasteiger charge is -2.07. The van der Waals surface area contributed by atoms with Gasteiger partial charge < -0.3 is 9.30 Å². The first kappa shape index (κ1) is 12.8. The van der Waals surface area contributed by atoms with Crippen LogP contribution >= 0.6 is 15.9 Å². The highest BCUT2D eigenvalue weighted by molar-refractivity contribution is 9.10. The number of hydrogen-bond donors (Lipinski definition) is 0. The molecule has 1 aromatic heterocycles. The number of benzene rings is 1. The van der Waals surface area contributed by atoms with Gasteiger partial charge in [0.1, 0.15) is 11.6 Å². The maximum absolute atomic E-state index is 13.0. The fourth-order valence-electron chi connectivity index (χ4n) is 1.54. The van der Waals surface area contributed by atoms with E-state index in [4.69, 9.17) is 4.74 Å². The summed E-state index contributed by atoms with van der Waals surface area (Å²) in [6, 6.07) is 7.78. The van der Waals surface area contributed by atoms with Gasteiger partial charge >= 0.3 is 0 Å². The Morgan fingerprint density at radius 3 is 2.83 bits per heavy atom. The number of aryl methyl sites for hydroxylation is 1. The van der Waals surface area contributed by atoms with Crippen molar-refractivity contribution in [3.8, 4) is 5.75 Å². The number of aromatic nitrogens is 1. The van der Waals surface area contributed by atoms with E-state index in [9.17, 15) is 9.18 Å². The summed E-state index contributed by atoms with van der Waals surface area (Å²) in [5.74, 6) is -0.0371. The van der Waals surface area contributed by atoms with Crippen LogP contribution in [0.25, 0.3) is 0 Å². The molecule has 0 atom stereocenters. The van der Waals surface area contributed by atoms with Gasteiger partial charge in [-0.2, -0.15) is 0 Å². The number of carbonyl (C=O) groups excluding carboxylic acids is 1. The fourth-order valence-corrected chi connectivity index (χ4v) is 1.90. The van der Waals surface area contributed by atoms with E-state index in [0.29, 0.717) is 15.9 Å². The van der Waals surface area contributed by atoms with E-state index in [-0.39, 0.29) is 18.2 Å². The lowest BCUT2D eigenvalue weighted by atomic mass is 10.3. The molecule has 1 aromatic carbocycles. The zero-order chi connectivity index (χ0) is 13.1. The van der Waals surface area contributed by atoms with E-state index in [1.165, 1.54) is 18.2 Å². The third-order valence-corrected chi connectivity index (χ3v) is 3.10. The number of ketones is 1. The number of nitrogens with zero attached hydrogens (tertiary/aromatic N) is 1. The van der Waals surface area contributed by atoms with Gasteiger partial charge in [-0.3, -0.25) is 4.79 Å². The number of carbonyl (C=O) groups is 1. The summed E-state index contributed by atoms with van der Waals surface area (Å²) < 4.78 is 20.4. The van der Waals surface area contributed by atoms with E-state index in [0.717, 1.165) is 0 Å². The molecule has 5 heteroatoms. The van der Waals surface area contributed by atoms with Crippen molar-refractivity contribution >= 4 is 21.7 Å². The lowest BCUT2D eigenvalue weighted by Crippen LogP contribution is -2.14.